The van der Waals surface area contributed by atoms with Crippen LogP contribution in [0.3, 0.4) is 0 Å². The average Bonchev–Trinajstić information content (AvgIpc) is 3.15. The van der Waals surface area contributed by atoms with Crippen molar-refractivity contribution in [2.75, 3.05) is 23.0 Å². The first-order valence-electron chi connectivity index (χ1n) is 10.8. The van der Waals surface area contributed by atoms with E-state index in [0.717, 1.165) is 16.2 Å². The van der Waals surface area contributed by atoms with Crippen LogP contribution in [-0.2, 0) is 9.53 Å². The van der Waals surface area contributed by atoms with Gasteiger partial charge in [-0.15, -0.1) is 23.1 Å². The molecule has 0 saturated carbocycles. The molecule has 1 heterocycles. The lowest BCUT2D eigenvalue weighted by molar-refractivity contribution is -0.115. The maximum atomic E-state index is 13.1. The molecule has 0 saturated heterocycles. The molecule has 2 amide bonds. The number of nitrogens with two attached hydrogens (primary N) is 1. The van der Waals surface area contributed by atoms with Crippen LogP contribution in [0.25, 0.3) is 0 Å². The van der Waals surface area contributed by atoms with Crippen LogP contribution < -0.4 is 16.4 Å². The number of carbonyl (C=O) groups excluding carboxylic acids is 3. The Morgan fingerprint density at radius 1 is 1.03 bits per heavy atom. The Balaban J connectivity index is 1.86. The number of thiophene rings is 1. The van der Waals surface area contributed by atoms with Gasteiger partial charge in [0.25, 0.3) is 5.91 Å². The van der Waals surface area contributed by atoms with Gasteiger partial charge in [0.05, 0.1) is 22.3 Å². The molecule has 0 aliphatic heterocycles. The summed E-state index contributed by atoms with van der Waals surface area (Å²) in [5.74, 6) is -1.20. The quantitative estimate of drug-likeness (QED) is 0.202. The molecule has 0 spiro atoms. The third-order valence-corrected chi connectivity index (χ3v) is 7.50. The summed E-state index contributed by atoms with van der Waals surface area (Å²) in [4.78, 5) is 40.0. The van der Waals surface area contributed by atoms with Crippen LogP contribution >= 0.6 is 23.1 Å². The number of esters is 1. The minimum absolute atomic E-state index is 0.178. The van der Waals surface area contributed by atoms with Gasteiger partial charge >= 0.3 is 5.97 Å². The Bertz CT molecular complexity index is 1160. The molecule has 0 radical (unpaired) electrons. The number of rotatable bonds is 9. The summed E-state index contributed by atoms with van der Waals surface area (Å²) in [6.45, 7) is 5.48. The van der Waals surface area contributed by atoms with E-state index in [0.29, 0.717) is 33.2 Å². The molecule has 0 fully saturated rings. The molecule has 34 heavy (non-hydrogen) atoms. The molecule has 0 aliphatic carbocycles. The van der Waals surface area contributed by atoms with E-state index in [1.54, 1.807) is 38.1 Å². The molecular weight excluding hydrogens is 470 g/mol. The van der Waals surface area contributed by atoms with Crippen molar-refractivity contribution in [3.05, 3.63) is 70.6 Å². The molecule has 3 rings (SSSR count). The zero-order chi connectivity index (χ0) is 24.7. The Morgan fingerprint density at radius 3 is 2.32 bits per heavy atom. The Morgan fingerprint density at radius 2 is 1.71 bits per heavy atom. The van der Waals surface area contributed by atoms with Crippen LogP contribution in [0.1, 0.15) is 45.9 Å². The number of amides is 2. The number of nitrogens with one attached hydrogen (secondary N) is 2. The third-order valence-electron chi connectivity index (χ3n) is 4.92. The number of para-hydroxylation sites is 1. The highest BCUT2D eigenvalue weighted by Gasteiger charge is 2.28. The fraction of sp³-hybridized carbons (Fsp3) is 0.240. The summed E-state index contributed by atoms with van der Waals surface area (Å²) in [5.41, 5.74) is 7.69. The second kappa shape index (κ2) is 11.7. The highest BCUT2D eigenvalue weighted by Crippen LogP contribution is 2.35. The van der Waals surface area contributed by atoms with Gasteiger partial charge in [-0.2, -0.15) is 0 Å². The van der Waals surface area contributed by atoms with E-state index in [2.05, 4.69) is 10.6 Å². The minimum atomic E-state index is -0.579. The standard InChI is InChI=1S/C25H27N3O4S2/c1-4-19(33-18-13-11-16(26)12-14-18)22(29)28-24-20(25(31)32-5-2)15(3)21(34-24)23(30)27-17-9-7-6-8-10-17/h6-14,19H,4-5,26H2,1-3H3,(H,27,30)(H,28,29). The summed E-state index contributed by atoms with van der Waals surface area (Å²) < 4.78 is 5.20. The van der Waals surface area contributed by atoms with Crippen LogP contribution in [0.4, 0.5) is 16.4 Å². The first-order chi connectivity index (χ1) is 16.3. The molecule has 3 aromatic rings. The first kappa shape index (κ1) is 25.3. The van der Waals surface area contributed by atoms with Crippen LogP contribution in [-0.4, -0.2) is 29.6 Å². The van der Waals surface area contributed by atoms with Gasteiger partial charge < -0.3 is 21.1 Å². The summed E-state index contributed by atoms with van der Waals surface area (Å²) in [6, 6.07) is 16.3. The molecule has 1 atom stereocenters. The molecule has 0 bridgehead atoms. The molecule has 0 aliphatic rings. The van der Waals surface area contributed by atoms with Gasteiger partial charge in [0.15, 0.2) is 0 Å². The van der Waals surface area contributed by atoms with Crippen molar-refractivity contribution < 1.29 is 19.1 Å². The normalized spacial score (nSPS) is 11.5. The molecule has 1 aromatic heterocycles. The number of hydrogen-bond acceptors (Lipinski definition) is 7. The van der Waals surface area contributed by atoms with Crippen LogP contribution in [0.5, 0.6) is 0 Å². The number of ether oxygens (including phenoxy) is 1. The average molecular weight is 498 g/mol. The van der Waals surface area contributed by atoms with Crippen molar-refractivity contribution in [3.63, 3.8) is 0 Å². The lowest BCUT2D eigenvalue weighted by Gasteiger charge is -2.15. The van der Waals surface area contributed by atoms with E-state index >= 15 is 0 Å². The molecule has 9 heteroatoms. The van der Waals surface area contributed by atoms with E-state index in [4.69, 9.17) is 10.5 Å². The number of benzene rings is 2. The number of carbonyl (C=O) groups is 3. The molecule has 178 valence electrons. The van der Waals surface area contributed by atoms with E-state index in [1.807, 2.05) is 37.3 Å². The van der Waals surface area contributed by atoms with E-state index in [1.165, 1.54) is 11.8 Å². The van der Waals surface area contributed by atoms with Gasteiger partial charge in [-0.3, -0.25) is 9.59 Å². The van der Waals surface area contributed by atoms with Crippen LogP contribution in [0.2, 0.25) is 0 Å². The highest BCUT2D eigenvalue weighted by molar-refractivity contribution is 8.00. The van der Waals surface area contributed by atoms with E-state index in [9.17, 15) is 14.4 Å². The fourth-order valence-corrected chi connectivity index (χ4v) is 5.25. The number of thioether (sulfide) groups is 1. The smallest absolute Gasteiger partial charge is 0.341 e. The summed E-state index contributed by atoms with van der Waals surface area (Å²) >= 11 is 2.47. The lowest BCUT2D eigenvalue weighted by Crippen LogP contribution is -2.25. The predicted octanol–water partition coefficient (Wildman–Crippen LogP) is 5.58. The minimum Gasteiger partial charge on any atom is -0.462 e. The third kappa shape index (κ3) is 6.18. The van der Waals surface area contributed by atoms with Crippen molar-refractivity contribution in [1.29, 1.82) is 0 Å². The van der Waals surface area contributed by atoms with E-state index < -0.39 is 11.2 Å². The maximum Gasteiger partial charge on any atom is 0.341 e. The number of hydrogen-bond donors (Lipinski definition) is 3. The lowest BCUT2D eigenvalue weighted by atomic mass is 10.1. The Kier molecular flexibility index (Phi) is 8.72. The molecule has 2 aromatic carbocycles. The van der Waals surface area contributed by atoms with Gasteiger partial charge in [-0.05, 0) is 62.2 Å². The zero-order valence-electron chi connectivity index (χ0n) is 19.2. The van der Waals surface area contributed by atoms with Crippen molar-refractivity contribution in [3.8, 4) is 0 Å². The fourth-order valence-electron chi connectivity index (χ4n) is 3.20. The molecule has 7 nitrogen and oxygen atoms in total. The van der Waals surface area contributed by atoms with Gasteiger partial charge in [0, 0.05) is 16.3 Å². The zero-order valence-corrected chi connectivity index (χ0v) is 20.8. The Hall–Kier alpha value is -3.30. The van der Waals surface area contributed by atoms with Gasteiger partial charge in [-0.1, -0.05) is 25.1 Å². The molecule has 1 unspecified atom stereocenters. The molecular formula is C25H27N3O4S2. The van der Waals surface area contributed by atoms with Gasteiger partial charge in [0.1, 0.15) is 5.00 Å². The second-order valence-electron chi connectivity index (χ2n) is 7.37. The number of anilines is 3. The number of nitrogen functional groups attached to an aromatic ring is 1. The maximum absolute atomic E-state index is 13.1. The van der Waals surface area contributed by atoms with Crippen molar-refractivity contribution in [1.82, 2.24) is 0 Å². The monoisotopic (exact) mass is 497 g/mol. The summed E-state index contributed by atoms with van der Waals surface area (Å²) in [5, 5.41) is 5.59. The highest BCUT2D eigenvalue weighted by atomic mass is 32.2. The summed E-state index contributed by atoms with van der Waals surface area (Å²) in [7, 11) is 0. The molecule has 4 N–H and O–H groups in total. The van der Waals surface area contributed by atoms with E-state index in [-0.39, 0.29) is 24.0 Å². The predicted molar refractivity (Wildman–Crippen MR) is 139 cm³/mol. The van der Waals surface area contributed by atoms with Crippen molar-refractivity contribution in [2.45, 2.75) is 37.3 Å². The van der Waals surface area contributed by atoms with Gasteiger partial charge in [-0.25, -0.2) is 4.79 Å². The summed E-state index contributed by atoms with van der Waals surface area (Å²) in [6.07, 6.45) is 0.571. The topological polar surface area (TPSA) is 111 Å². The van der Waals surface area contributed by atoms with Crippen LogP contribution in [0.15, 0.2) is 59.5 Å². The van der Waals surface area contributed by atoms with Gasteiger partial charge in [0.2, 0.25) is 5.91 Å². The SMILES string of the molecule is CCOC(=O)c1c(NC(=O)C(CC)Sc2ccc(N)cc2)sc(C(=O)Nc2ccccc2)c1C. The van der Waals surface area contributed by atoms with Crippen molar-refractivity contribution in [2.24, 2.45) is 0 Å². The van der Waals surface area contributed by atoms with Crippen molar-refractivity contribution >= 4 is 57.3 Å². The Labute approximate surface area is 207 Å². The second-order valence-corrected chi connectivity index (χ2v) is 9.67. The van der Waals surface area contributed by atoms with Crippen LogP contribution in [0, 0.1) is 6.92 Å². The largest absolute Gasteiger partial charge is 0.462 e. The first-order valence-corrected chi connectivity index (χ1v) is 12.5.